The summed E-state index contributed by atoms with van der Waals surface area (Å²) in [5.41, 5.74) is 1.69. The Bertz CT molecular complexity index is 643. The number of nitrogens with one attached hydrogen (secondary N) is 1. The van der Waals surface area contributed by atoms with E-state index < -0.39 is 0 Å². The van der Waals surface area contributed by atoms with Crippen molar-refractivity contribution in [3.8, 4) is 0 Å². The second kappa shape index (κ2) is 8.67. The summed E-state index contributed by atoms with van der Waals surface area (Å²) < 4.78 is 0.976. The van der Waals surface area contributed by atoms with Gasteiger partial charge >= 0.3 is 0 Å². The van der Waals surface area contributed by atoms with Gasteiger partial charge in [0.15, 0.2) is 0 Å². The monoisotopic (exact) mass is 375 g/mol. The first kappa shape index (κ1) is 17.5. The van der Waals surface area contributed by atoms with Crippen molar-refractivity contribution >= 4 is 33.3 Å². The van der Waals surface area contributed by atoms with E-state index in [9.17, 15) is 4.79 Å². The molecule has 0 bridgehead atoms. The van der Waals surface area contributed by atoms with Crippen LogP contribution in [0.1, 0.15) is 25.3 Å². The average Bonchev–Trinajstić information content (AvgIpc) is 2.53. The van der Waals surface area contributed by atoms with E-state index in [2.05, 4.69) is 38.1 Å². The van der Waals surface area contributed by atoms with Gasteiger partial charge in [-0.25, -0.2) is 4.98 Å². The van der Waals surface area contributed by atoms with Crippen LogP contribution in [0.15, 0.2) is 47.1 Å². The third-order valence-corrected chi connectivity index (χ3v) is 4.02. The van der Waals surface area contributed by atoms with Gasteiger partial charge in [-0.2, -0.15) is 0 Å². The predicted octanol–water partition coefficient (Wildman–Crippen LogP) is 4.26. The Kier molecular flexibility index (Phi) is 6.59. The standard InChI is InChI=1S/C18H22BrN3O/c1-3-4-10-22(2)17-9-8-16(13-20-17)21-18(23)12-14-6-5-7-15(19)11-14/h5-9,11,13H,3-4,10,12H2,1-2H3,(H,21,23). The molecule has 0 aliphatic heterocycles. The molecule has 1 aromatic carbocycles. The van der Waals surface area contributed by atoms with Crippen molar-refractivity contribution in [2.45, 2.75) is 26.2 Å². The van der Waals surface area contributed by atoms with E-state index >= 15 is 0 Å². The zero-order valence-corrected chi connectivity index (χ0v) is 15.1. The van der Waals surface area contributed by atoms with E-state index in [1.54, 1.807) is 6.20 Å². The summed E-state index contributed by atoms with van der Waals surface area (Å²) in [5, 5.41) is 2.88. The maximum Gasteiger partial charge on any atom is 0.228 e. The van der Waals surface area contributed by atoms with Gasteiger partial charge in [0, 0.05) is 18.1 Å². The molecule has 0 aliphatic carbocycles. The van der Waals surface area contributed by atoms with Crippen LogP contribution in [0, 0.1) is 0 Å². The zero-order valence-electron chi connectivity index (χ0n) is 13.6. The molecular formula is C18H22BrN3O. The van der Waals surface area contributed by atoms with Crippen LogP contribution in [0.4, 0.5) is 11.5 Å². The smallest absolute Gasteiger partial charge is 0.228 e. The molecule has 5 heteroatoms. The second-order valence-corrected chi connectivity index (χ2v) is 6.45. The number of hydrogen-bond acceptors (Lipinski definition) is 3. The van der Waals surface area contributed by atoms with Crippen LogP contribution >= 0.6 is 15.9 Å². The summed E-state index contributed by atoms with van der Waals surface area (Å²) in [6, 6.07) is 11.6. The lowest BCUT2D eigenvalue weighted by molar-refractivity contribution is -0.115. The summed E-state index contributed by atoms with van der Waals surface area (Å²) in [7, 11) is 2.03. The Balaban J connectivity index is 1.91. The number of amides is 1. The van der Waals surface area contributed by atoms with Crippen molar-refractivity contribution in [1.29, 1.82) is 0 Å². The number of pyridine rings is 1. The van der Waals surface area contributed by atoms with Crippen LogP contribution < -0.4 is 10.2 Å². The maximum absolute atomic E-state index is 12.1. The van der Waals surface area contributed by atoms with E-state index in [-0.39, 0.29) is 5.91 Å². The molecule has 0 atom stereocenters. The lowest BCUT2D eigenvalue weighted by atomic mass is 10.1. The lowest BCUT2D eigenvalue weighted by Crippen LogP contribution is -2.19. The van der Waals surface area contributed by atoms with Crippen molar-refractivity contribution in [3.63, 3.8) is 0 Å². The first-order chi connectivity index (χ1) is 11.1. The summed E-state index contributed by atoms with van der Waals surface area (Å²) in [6.45, 7) is 3.16. The topological polar surface area (TPSA) is 45.2 Å². The van der Waals surface area contributed by atoms with Gasteiger partial charge in [-0.05, 0) is 36.2 Å². The molecule has 1 amide bonds. The molecule has 0 saturated carbocycles. The molecule has 0 radical (unpaired) electrons. The van der Waals surface area contributed by atoms with Crippen LogP contribution in [0.2, 0.25) is 0 Å². The van der Waals surface area contributed by atoms with Crippen LogP contribution in [0.3, 0.4) is 0 Å². The third kappa shape index (κ3) is 5.67. The van der Waals surface area contributed by atoms with E-state index in [0.717, 1.165) is 40.9 Å². The number of anilines is 2. The maximum atomic E-state index is 12.1. The number of halogens is 1. The summed E-state index contributed by atoms with van der Waals surface area (Å²) in [5.74, 6) is 0.875. The lowest BCUT2D eigenvalue weighted by Gasteiger charge is -2.17. The molecule has 0 saturated heterocycles. The molecule has 23 heavy (non-hydrogen) atoms. The molecule has 0 aliphatic rings. The normalized spacial score (nSPS) is 10.4. The molecule has 4 nitrogen and oxygen atoms in total. The first-order valence-electron chi connectivity index (χ1n) is 7.80. The summed E-state index contributed by atoms with van der Waals surface area (Å²) in [4.78, 5) is 18.6. The number of benzene rings is 1. The van der Waals surface area contributed by atoms with E-state index in [0.29, 0.717) is 6.42 Å². The number of carbonyl (C=O) groups excluding carboxylic acids is 1. The summed E-state index contributed by atoms with van der Waals surface area (Å²) in [6.07, 6.45) is 4.35. The molecule has 1 aromatic heterocycles. The average molecular weight is 376 g/mol. The molecule has 122 valence electrons. The highest BCUT2D eigenvalue weighted by molar-refractivity contribution is 9.10. The number of nitrogens with zero attached hydrogens (tertiary/aromatic N) is 2. The van der Waals surface area contributed by atoms with Gasteiger partial charge in [0.05, 0.1) is 18.3 Å². The Morgan fingerprint density at radius 3 is 2.78 bits per heavy atom. The summed E-state index contributed by atoms with van der Waals surface area (Å²) >= 11 is 3.41. The van der Waals surface area contributed by atoms with Gasteiger partial charge in [0.2, 0.25) is 5.91 Å². The van der Waals surface area contributed by atoms with Gasteiger partial charge < -0.3 is 10.2 Å². The first-order valence-corrected chi connectivity index (χ1v) is 8.59. The Morgan fingerprint density at radius 1 is 1.30 bits per heavy atom. The number of unbranched alkanes of at least 4 members (excludes halogenated alkanes) is 1. The quantitative estimate of drug-likeness (QED) is 0.785. The van der Waals surface area contributed by atoms with Gasteiger partial charge in [-0.15, -0.1) is 0 Å². The highest BCUT2D eigenvalue weighted by Crippen LogP contribution is 2.15. The zero-order chi connectivity index (χ0) is 16.7. The van der Waals surface area contributed by atoms with Crippen LogP contribution in [-0.4, -0.2) is 24.5 Å². The van der Waals surface area contributed by atoms with Gasteiger partial charge in [-0.1, -0.05) is 41.4 Å². The third-order valence-electron chi connectivity index (χ3n) is 3.52. The molecule has 0 fully saturated rings. The fourth-order valence-electron chi connectivity index (χ4n) is 2.23. The second-order valence-electron chi connectivity index (χ2n) is 5.54. The molecule has 0 spiro atoms. The Hall–Kier alpha value is -1.88. The van der Waals surface area contributed by atoms with E-state index in [1.165, 1.54) is 0 Å². The predicted molar refractivity (Wildman–Crippen MR) is 98.9 cm³/mol. The number of carbonyl (C=O) groups is 1. The van der Waals surface area contributed by atoms with Crippen molar-refractivity contribution in [1.82, 2.24) is 4.98 Å². The molecular weight excluding hydrogens is 354 g/mol. The van der Waals surface area contributed by atoms with Gasteiger partial charge in [-0.3, -0.25) is 4.79 Å². The minimum atomic E-state index is -0.0445. The van der Waals surface area contributed by atoms with E-state index in [4.69, 9.17) is 0 Å². The molecule has 0 unspecified atom stereocenters. The SMILES string of the molecule is CCCCN(C)c1ccc(NC(=O)Cc2cccc(Br)c2)cn1. The highest BCUT2D eigenvalue weighted by Gasteiger charge is 2.06. The fourth-order valence-corrected chi connectivity index (χ4v) is 2.68. The van der Waals surface area contributed by atoms with E-state index in [1.807, 2.05) is 43.4 Å². The van der Waals surface area contributed by atoms with Crippen LogP contribution in [-0.2, 0) is 11.2 Å². The Morgan fingerprint density at radius 2 is 2.13 bits per heavy atom. The van der Waals surface area contributed by atoms with Gasteiger partial charge in [0.25, 0.3) is 0 Å². The van der Waals surface area contributed by atoms with Crippen molar-refractivity contribution in [2.75, 3.05) is 23.8 Å². The van der Waals surface area contributed by atoms with Crippen molar-refractivity contribution < 1.29 is 4.79 Å². The molecule has 1 N–H and O–H groups in total. The minimum absolute atomic E-state index is 0.0445. The molecule has 2 rings (SSSR count). The van der Waals surface area contributed by atoms with Crippen molar-refractivity contribution in [2.24, 2.45) is 0 Å². The minimum Gasteiger partial charge on any atom is -0.360 e. The van der Waals surface area contributed by atoms with Crippen LogP contribution in [0.5, 0.6) is 0 Å². The fraction of sp³-hybridized carbons (Fsp3) is 0.333. The van der Waals surface area contributed by atoms with Crippen molar-refractivity contribution in [3.05, 3.63) is 52.6 Å². The number of aromatic nitrogens is 1. The molecule has 2 aromatic rings. The van der Waals surface area contributed by atoms with Gasteiger partial charge in [0.1, 0.15) is 5.82 Å². The molecule has 1 heterocycles. The number of rotatable bonds is 7. The largest absolute Gasteiger partial charge is 0.360 e. The Labute approximate surface area is 146 Å². The number of hydrogen-bond donors (Lipinski definition) is 1. The van der Waals surface area contributed by atoms with Crippen LogP contribution in [0.25, 0.3) is 0 Å². The highest BCUT2D eigenvalue weighted by atomic mass is 79.9.